The maximum Gasteiger partial charge on any atom is 0.257 e. The first-order chi connectivity index (χ1) is 13.2. The van der Waals surface area contributed by atoms with Gasteiger partial charge in [0.2, 0.25) is 15.9 Å². The van der Waals surface area contributed by atoms with E-state index >= 15 is 0 Å². The Kier molecular flexibility index (Phi) is 5.92. The van der Waals surface area contributed by atoms with Gasteiger partial charge in [0.1, 0.15) is 0 Å². The van der Waals surface area contributed by atoms with Gasteiger partial charge in [-0.15, -0.1) is 0 Å². The van der Waals surface area contributed by atoms with Gasteiger partial charge in [0.15, 0.2) is 5.16 Å². The summed E-state index contributed by atoms with van der Waals surface area (Å²) >= 11 is 1.49. The minimum atomic E-state index is -3.71. The average Bonchev–Trinajstić information content (AvgIpc) is 3.02. The van der Waals surface area contributed by atoms with Crippen LogP contribution < -0.4 is 16.0 Å². The lowest BCUT2D eigenvalue weighted by Crippen LogP contribution is -2.32. The number of sulfonamides is 1. The Morgan fingerprint density at radius 1 is 1.32 bits per heavy atom. The van der Waals surface area contributed by atoms with Crippen molar-refractivity contribution in [1.82, 2.24) is 14.9 Å². The highest BCUT2D eigenvalue weighted by Gasteiger charge is 2.28. The number of nitrogens with zero attached hydrogens (tertiary/aromatic N) is 2. The van der Waals surface area contributed by atoms with Crippen LogP contribution in [0.2, 0.25) is 0 Å². The normalized spacial score (nSPS) is 16.0. The highest BCUT2D eigenvalue weighted by atomic mass is 32.2. The fraction of sp³-hybridized carbons (Fsp3) is 0.389. The summed E-state index contributed by atoms with van der Waals surface area (Å²) in [6, 6.07) is 6.04. The SMILES string of the molecule is Cc1nc2n(c(=O)c1C)C(CC(=O)NCCc1ccc(S(N)(=O)=O)cc1)CS2. The molecule has 1 aromatic heterocycles. The number of nitrogens with two attached hydrogens (primary N) is 1. The third kappa shape index (κ3) is 4.45. The molecule has 3 rings (SSSR count). The Morgan fingerprint density at radius 3 is 2.64 bits per heavy atom. The van der Waals surface area contributed by atoms with Crippen LogP contribution in [0.15, 0.2) is 39.1 Å². The van der Waals surface area contributed by atoms with Crippen molar-refractivity contribution < 1.29 is 13.2 Å². The number of primary sulfonamides is 1. The van der Waals surface area contributed by atoms with Crippen LogP contribution in [0.1, 0.15) is 29.3 Å². The fourth-order valence-corrected chi connectivity index (χ4v) is 4.70. The predicted molar refractivity (Wildman–Crippen MR) is 107 cm³/mol. The molecule has 1 amide bonds. The minimum Gasteiger partial charge on any atom is -0.356 e. The van der Waals surface area contributed by atoms with Crippen molar-refractivity contribution in [3.8, 4) is 0 Å². The molecule has 28 heavy (non-hydrogen) atoms. The molecule has 150 valence electrons. The first-order valence-corrected chi connectivity index (χ1v) is 11.3. The highest BCUT2D eigenvalue weighted by molar-refractivity contribution is 7.99. The molecule has 2 heterocycles. The van der Waals surface area contributed by atoms with E-state index in [1.807, 2.05) is 6.92 Å². The van der Waals surface area contributed by atoms with Crippen molar-refractivity contribution >= 4 is 27.7 Å². The highest BCUT2D eigenvalue weighted by Crippen LogP contribution is 2.32. The van der Waals surface area contributed by atoms with Crippen LogP contribution in [0, 0.1) is 13.8 Å². The Hall–Kier alpha value is -2.17. The smallest absolute Gasteiger partial charge is 0.257 e. The lowest BCUT2D eigenvalue weighted by molar-refractivity contribution is -0.121. The van der Waals surface area contributed by atoms with Gasteiger partial charge in [-0.2, -0.15) is 0 Å². The van der Waals surface area contributed by atoms with Crippen LogP contribution in [0.25, 0.3) is 0 Å². The maximum absolute atomic E-state index is 12.5. The van der Waals surface area contributed by atoms with E-state index in [1.54, 1.807) is 23.6 Å². The number of rotatable bonds is 6. The molecule has 2 aromatic rings. The van der Waals surface area contributed by atoms with Crippen molar-refractivity contribution in [3.63, 3.8) is 0 Å². The van der Waals surface area contributed by atoms with Crippen LogP contribution in [-0.2, 0) is 21.2 Å². The number of benzene rings is 1. The molecule has 1 aliphatic heterocycles. The molecule has 0 saturated carbocycles. The number of hydrogen-bond donors (Lipinski definition) is 2. The number of nitrogens with one attached hydrogen (secondary N) is 1. The second-order valence-corrected chi connectivity index (χ2v) is 9.29. The van der Waals surface area contributed by atoms with Crippen LogP contribution in [0.5, 0.6) is 0 Å². The summed E-state index contributed by atoms with van der Waals surface area (Å²) in [5, 5.41) is 8.59. The van der Waals surface area contributed by atoms with E-state index in [-0.39, 0.29) is 28.8 Å². The van der Waals surface area contributed by atoms with E-state index in [1.165, 1.54) is 23.9 Å². The molecule has 0 radical (unpaired) electrons. The lowest BCUT2D eigenvalue weighted by atomic mass is 10.1. The minimum absolute atomic E-state index is 0.0577. The average molecular weight is 423 g/mol. The molecule has 1 aromatic carbocycles. The molecular weight excluding hydrogens is 400 g/mol. The quantitative estimate of drug-likeness (QED) is 0.667. The molecule has 10 heteroatoms. The van der Waals surface area contributed by atoms with E-state index in [0.717, 1.165) is 11.3 Å². The van der Waals surface area contributed by atoms with Gasteiger partial charge >= 0.3 is 0 Å². The third-order valence-corrected chi connectivity index (χ3v) is 6.76. The van der Waals surface area contributed by atoms with Crippen LogP contribution in [0.4, 0.5) is 0 Å². The number of aryl methyl sites for hydroxylation is 1. The van der Waals surface area contributed by atoms with Crippen LogP contribution in [-0.4, -0.2) is 36.2 Å². The van der Waals surface area contributed by atoms with Gasteiger partial charge in [-0.25, -0.2) is 18.5 Å². The molecule has 1 aliphatic rings. The molecule has 1 atom stereocenters. The van der Waals surface area contributed by atoms with Gasteiger partial charge in [0.05, 0.1) is 10.9 Å². The molecule has 1 unspecified atom stereocenters. The zero-order valence-electron chi connectivity index (χ0n) is 15.6. The second-order valence-electron chi connectivity index (χ2n) is 6.74. The van der Waals surface area contributed by atoms with Gasteiger partial charge in [0, 0.05) is 30.0 Å². The predicted octanol–water partition coefficient (Wildman–Crippen LogP) is 0.903. The van der Waals surface area contributed by atoms with Crippen molar-refractivity contribution in [2.24, 2.45) is 5.14 Å². The summed E-state index contributed by atoms with van der Waals surface area (Å²) in [7, 11) is -3.71. The molecule has 0 aliphatic carbocycles. The van der Waals surface area contributed by atoms with Crippen molar-refractivity contribution in [2.75, 3.05) is 12.3 Å². The summed E-state index contributed by atoms with van der Waals surface area (Å²) in [6.07, 6.45) is 0.779. The van der Waals surface area contributed by atoms with Crippen LogP contribution >= 0.6 is 11.8 Å². The molecule has 3 N–H and O–H groups in total. The molecule has 0 saturated heterocycles. The molecule has 0 bridgehead atoms. The summed E-state index contributed by atoms with van der Waals surface area (Å²) in [6.45, 7) is 3.98. The van der Waals surface area contributed by atoms with Crippen LogP contribution in [0.3, 0.4) is 0 Å². The van der Waals surface area contributed by atoms with E-state index in [0.29, 0.717) is 29.4 Å². The Bertz CT molecular complexity index is 1060. The molecule has 8 nitrogen and oxygen atoms in total. The van der Waals surface area contributed by atoms with E-state index in [2.05, 4.69) is 10.3 Å². The number of carbonyl (C=O) groups excluding carboxylic acids is 1. The first kappa shape index (κ1) is 20.6. The van der Waals surface area contributed by atoms with Gasteiger partial charge in [-0.05, 0) is 38.0 Å². The van der Waals surface area contributed by atoms with Crippen molar-refractivity contribution in [2.45, 2.75) is 42.8 Å². The second kappa shape index (κ2) is 8.06. The first-order valence-electron chi connectivity index (χ1n) is 8.78. The van der Waals surface area contributed by atoms with Crippen molar-refractivity contribution in [3.05, 3.63) is 51.4 Å². The summed E-state index contributed by atoms with van der Waals surface area (Å²) in [5.74, 6) is 0.512. The van der Waals surface area contributed by atoms with Gasteiger partial charge in [-0.1, -0.05) is 23.9 Å². The number of hydrogen-bond acceptors (Lipinski definition) is 6. The molecule has 0 fully saturated rings. The van der Waals surface area contributed by atoms with E-state index in [4.69, 9.17) is 5.14 Å². The fourth-order valence-electron chi connectivity index (χ4n) is 3.00. The number of fused-ring (bicyclic) bond motifs is 1. The Morgan fingerprint density at radius 2 is 2.00 bits per heavy atom. The van der Waals surface area contributed by atoms with E-state index < -0.39 is 10.0 Å². The molecule has 0 spiro atoms. The maximum atomic E-state index is 12.5. The largest absolute Gasteiger partial charge is 0.356 e. The van der Waals surface area contributed by atoms with Gasteiger partial charge < -0.3 is 5.32 Å². The van der Waals surface area contributed by atoms with Gasteiger partial charge in [-0.3, -0.25) is 14.2 Å². The van der Waals surface area contributed by atoms with E-state index in [9.17, 15) is 18.0 Å². The number of amides is 1. The zero-order valence-corrected chi connectivity index (χ0v) is 17.3. The Labute approximate surface area is 167 Å². The van der Waals surface area contributed by atoms with Gasteiger partial charge in [0.25, 0.3) is 5.56 Å². The standard InChI is InChI=1S/C18H22N4O4S2/c1-11-12(2)21-18-22(17(11)24)14(10-27-18)9-16(23)20-8-7-13-3-5-15(6-4-13)28(19,25)26/h3-6,14H,7-10H2,1-2H3,(H,20,23)(H2,19,25,26). The summed E-state index contributed by atoms with van der Waals surface area (Å²) in [4.78, 5) is 29.3. The van der Waals surface area contributed by atoms with Crippen molar-refractivity contribution in [1.29, 1.82) is 0 Å². The third-order valence-electron chi connectivity index (χ3n) is 4.73. The topological polar surface area (TPSA) is 124 Å². The molecular formula is C18H22N4O4S2. The summed E-state index contributed by atoms with van der Waals surface area (Å²) < 4.78 is 24.1. The Balaban J connectivity index is 1.55. The number of aromatic nitrogens is 2. The number of carbonyl (C=O) groups is 1. The lowest BCUT2D eigenvalue weighted by Gasteiger charge is -2.14. The zero-order chi connectivity index (χ0) is 20.5. The number of thioether (sulfide) groups is 1. The summed E-state index contributed by atoms with van der Waals surface area (Å²) in [5.41, 5.74) is 2.14. The monoisotopic (exact) mass is 422 g/mol.